The minimum Gasteiger partial charge on any atom is -0.478 e. The van der Waals surface area contributed by atoms with Gasteiger partial charge in [-0.2, -0.15) is 0 Å². The fraction of sp³-hybridized carbons (Fsp3) is 0.333. The van der Waals surface area contributed by atoms with E-state index in [1.807, 2.05) is 25.1 Å². The predicted octanol–water partition coefficient (Wildman–Crippen LogP) is 3.41. The van der Waals surface area contributed by atoms with E-state index in [9.17, 15) is 4.39 Å². The highest BCUT2D eigenvalue weighted by atomic mass is 127. The highest BCUT2D eigenvalue weighted by molar-refractivity contribution is 14.0. The van der Waals surface area contributed by atoms with Crippen LogP contribution in [0.3, 0.4) is 0 Å². The Bertz CT molecular complexity index is 709. The fourth-order valence-corrected chi connectivity index (χ4v) is 2.13. The standard InChI is InChI=1S/C18H23FN4O.HI/c1-4-24-17-10-15(7-8-21-17)12-23-18(20-3)22-11-14-6-5-13(2)16(19)9-14;/h5-10H,4,11-12H2,1-3H3,(H2,20,22,23);1H. The summed E-state index contributed by atoms with van der Waals surface area (Å²) in [5.74, 6) is 1.05. The van der Waals surface area contributed by atoms with Crippen LogP contribution < -0.4 is 15.4 Å². The van der Waals surface area contributed by atoms with Crippen LogP contribution >= 0.6 is 24.0 Å². The molecule has 0 atom stereocenters. The third-order valence-corrected chi connectivity index (χ3v) is 3.47. The van der Waals surface area contributed by atoms with Gasteiger partial charge in [0.25, 0.3) is 0 Å². The first kappa shape index (κ1) is 21.1. The summed E-state index contributed by atoms with van der Waals surface area (Å²) in [5.41, 5.74) is 2.55. The Hall–Kier alpha value is -1.90. The summed E-state index contributed by atoms with van der Waals surface area (Å²) in [6.07, 6.45) is 1.72. The smallest absolute Gasteiger partial charge is 0.213 e. The molecule has 0 aliphatic carbocycles. The quantitative estimate of drug-likeness (QED) is 0.396. The van der Waals surface area contributed by atoms with Gasteiger partial charge < -0.3 is 15.4 Å². The largest absolute Gasteiger partial charge is 0.478 e. The Balaban J connectivity index is 0.00000312. The van der Waals surface area contributed by atoms with Gasteiger partial charge in [0.15, 0.2) is 5.96 Å². The number of benzene rings is 1. The summed E-state index contributed by atoms with van der Waals surface area (Å²) in [6, 6.07) is 9.01. The van der Waals surface area contributed by atoms with Crippen LogP contribution in [0.4, 0.5) is 4.39 Å². The number of hydrogen-bond acceptors (Lipinski definition) is 3. The predicted molar refractivity (Wildman–Crippen MR) is 109 cm³/mol. The molecule has 0 aliphatic heterocycles. The number of aliphatic imine (C=N–C) groups is 1. The lowest BCUT2D eigenvalue weighted by Crippen LogP contribution is -2.36. The molecule has 7 heteroatoms. The van der Waals surface area contributed by atoms with E-state index < -0.39 is 0 Å². The van der Waals surface area contributed by atoms with Crippen molar-refractivity contribution in [2.45, 2.75) is 26.9 Å². The average molecular weight is 458 g/mol. The molecule has 0 bridgehead atoms. The van der Waals surface area contributed by atoms with Gasteiger partial charge in [0.1, 0.15) is 5.82 Å². The average Bonchev–Trinajstić information content (AvgIpc) is 2.59. The van der Waals surface area contributed by atoms with Crippen LogP contribution in [0.2, 0.25) is 0 Å². The summed E-state index contributed by atoms with van der Waals surface area (Å²) >= 11 is 0. The van der Waals surface area contributed by atoms with Gasteiger partial charge in [-0.3, -0.25) is 4.99 Å². The number of nitrogens with one attached hydrogen (secondary N) is 2. The maximum atomic E-state index is 13.6. The topological polar surface area (TPSA) is 58.5 Å². The molecule has 136 valence electrons. The van der Waals surface area contributed by atoms with Crippen LogP contribution in [0.25, 0.3) is 0 Å². The monoisotopic (exact) mass is 458 g/mol. The number of halogens is 2. The van der Waals surface area contributed by atoms with E-state index in [-0.39, 0.29) is 29.8 Å². The number of hydrogen-bond donors (Lipinski definition) is 2. The molecular formula is C18H24FIN4O. The van der Waals surface area contributed by atoms with Gasteiger partial charge in [0.2, 0.25) is 5.88 Å². The number of ether oxygens (including phenoxy) is 1. The van der Waals surface area contributed by atoms with Gasteiger partial charge >= 0.3 is 0 Å². The second-order valence-corrected chi connectivity index (χ2v) is 5.30. The zero-order chi connectivity index (χ0) is 17.4. The first-order valence-corrected chi connectivity index (χ1v) is 7.89. The van der Waals surface area contributed by atoms with Crippen LogP contribution in [0.1, 0.15) is 23.6 Å². The van der Waals surface area contributed by atoms with Crippen molar-refractivity contribution in [1.82, 2.24) is 15.6 Å². The van der Waals surface area contributed by atoms with Crippen molar-refractivity contribution >= 4 is 29.9 Å². The molecule has 0 unspecified atom stereocenters. The molecule has 25 heavy (non-hydrogen) atoms. The van der Waals surface area contributed by atoms with E-state index in [4.69, 9.17) is 4.74 Å². The molecule has 0 aliphatic rings. The second-order valence-electron chi connectivity index (χ2n) is 5.30. The lowest BCUT2D eigenvalue weighted by atomic mass is 10.1. The number of aryl methyl sites for hydroxylation is 1. The Morgan fingerprint density at radius 2 is 1.84 bits per heavy atom. The van der Waals surface area contributed by atoms with Crippen molar-refractivity contribution in [2.24, 2.45) is 4.99 Å². The van der Waals surface area contributed by atoms with Crippen molar-refractivity contribution < 1.29 is 9.13 Å². The SMILES string of the molecule is CCOc1cc(CNC(=NC)NCc2ccc(C)c(F)c2)ccn1.I. The van der Waals surface area contributed by atoms with E-state index in [0.717, 1.165) is 11.1 Å². The normalized spacial score (nSPS) is 10.8. The van der Waals surface area contributed by atoms with Gasteiger partial charge in [0.05, 0.1) is 6.61 Å². The van der Waals surface area contributed by atoms with Crippen LogP contribution in [0.5, 0.6) is 5.88 Å². The molecule has 2 aromatic rings. The second kappa shape index (κ2) is 10.9. The number of pyridine rings is 1. The molecule has 5 nitrogen and oxygen atoms in total. The van der Waals surface area contributed by atoms with E-state index in [2.05, 4.69) is 20.6 Å². The van der Waals surface area contributed by atoms with Gasteiger partial charge in [-0.15, -0.1) is 24.0 Å². The highest BCUT2D eigenvalue weighted by Gasteiger charge is 2.03. The summed E-state index contributed by atoms with van der Waals surface area (Å²) in [4.78, 5) is 8.31. The van der Waals surface area contributed by atoms with Gasteiger partial charge in [0, 0.05) is 32.4 Å². The molecule has 1 aromatic heterocycles. The number of guanidine groups is 1. The van der Waals surface area contributed by atoms with E-state index in [1.165, 1.54) is 6.07 Å². The Morgan fingerprint density at radius 3 is 2.44 bits per heavy atom. The molecule has 0 amide bonds. The third kappa shape index (κ3) is 6.85. The first-order valence-electron chi connectivity index (χ1n) is 7.89. The molecule has 0 spiro atoms. The van der Waals surface area contributed by atoms with Crippen LogP contribution in [0.15, 0.2) is 41.5 Å². The summed E-state index contributed by atoms with van der Waals surface area (Å²) in [5, 5.41) is 6.38. The van der Waals surface area contributed by atoms with Crippen molar-refractivity contribution in [3.05, 3.63) is 59.0 Å². The zero-order valence-corrected chi connectivity index (χ0v) is 17.0. The van der Waals surface area contributed by atoms with E-state index in [0.29, 0.717) is 37.1 Å². The van der Waals surface area contributed by atoms with Crippen LogP contribution in [-0.2, 0) is 13.1 Å². The Morgan fingerprint density at radius 1 is 1.16 bits per heavy atom. The molecule has 1 aromatic carbocycles. The van der Waals surface area contributed by atoms with Gasteiger partial charge in [-0.05, 0) is 42.7 Å². The molecular weight excluding hydrogens is 434 g/mol. The maximum absolute atomic E-state index is 13.6. The van der Waals surface area contributed by atoms with Gasteiger partial charge in [-0.1, -0.05) is 12.1 Å². The van der Waals surface area contributed by atoms with Crippen molar-refractivity contribution in [3.63, 3.8) is 0 Å². The fourth-order valence-electron chi connectivity index (χ4n) is 2.13. The van der Waals surface area contributed by atoms with Crippen LogP contribution in [0, 0.1) is 12.7 Å². The Kier molecular flexibility index (Phi) is 9.18. The molecule has 0 saturated carbocycles. The molecule has 2 rings (SSSR count). The molecule has 1 heterocycles. The number of rotatable bonds is 6. The molecule has 0 fully saturated rings. The lowest BCUT2D eigenvalue weighted by molar-refractivity contribution is 0.326. The summed E-state index contributed by atoms with van der Waals surface area (Å²) < 4.78 is 18.9. The van der Waals surface area contributed by atoms with Crippen molar-refractivity contribution in [2.75, 3.05) is 13.7 Å². The van der Waals surface area contributed by atoms with Crippen molar-refractivity contribution in [1.29, 1.82) is 0 Å². The molecule has 0 radical (unpaired) electrons. The number of aromatic nitrogens is 1. The summed E-state index contributed by atoms with van der Waals surface area (Å²) in [6.45, 7) is 5.34. The van der Waals surface area contributed by atoms with Gasteiger partial charge in [-0.25, -0.2) is 9.37 Å². The lowest BCUT2D eigenvalue weighted by Gasteiger charge is -2.13. The van der Waals surface area contributed by atoms with E-state index >= 15 is 0 Å². The maximum Gasteiger partial charge on any atom is 0.213 e. The third-order valence-electron chi connectivity index (χ3n) is 3.47. The molecule has 2 N–H and O–H groups in total. The zero-order valence-electron chi connectivity index (χ0n) is 14.7. The Labute approximate surface area is 165 Å². The number of nitrogens with zero attached hydrogens (tertiary/aromatic N) is 2. The van der Waals surface area contributed by atoms with Crippen molar-refractivity contribution in [3.8, 4) is 5.88 Å². The van der Waals surface area contributed by atoms with E-state index in [1.54, 1.807) is 26.2 Å². The first-order chi connectivity index (χ1) is 11.6. The molecule has 0 saturated heterocycles. The highest BCUT2D eigenvalue weighted by Crippen LogP contribution is 2.10. The summed E-state index contributed by atoms with van der Waals surface area (Å²) in [7, 11) is 1.70. The minimum absolute atomic E-state index is 0. The minimum atomic E-state index is -0.197. The van der Waals surface area contributed by atoms with Crippen LogP contribution in [-0.4, -0.2) is 24.6 Å².